The quantitative estimate of drug-likeness (QED) is 0.639. The van der Waals surface area contributed by atoms with Crippen molar-refractivity contribution in [2.45, 2.75) is 20.4 Å². The van der Waals surface area contributed by atoms with E-state index in [0.717, 1.165) is 47.0 Å². The molecule has 0 aliphatic carbocycles. The van der Waals surface area contributed by atoms with Gasteiger partial charge in [-0.25, -0.2) is 4.79 Å². The molecule has 1 heterocycles. The molecule has 2 amide bonds. The molecule has 154 valence electrons. The molecule has 1 N–H and O–H groups in total. The Bertz CT molecular complexity index is 1030. The Morgan fingerprint density at radius 2 is 1.67 bits per heavy atom. The van der Waals surface area contributed by atoms with Gasteiger partial charge >= 0.3 is 6.03 Å². The van der Waals surface area contributed by atoms with E-state index in [2.05, 4.69) is 34.5 Å². The number of amides is 2. The van der Waals surface area contributed by atoms with Crippen LogP contribution in [0.1, 0.15) is 16.7 Å². The first-order valence-corrected chi connectivity index (χ1v) is 10.2. The maximum Gasteiger partial charge on any atom is 0.326 e. The van der Waals surface area contributed by atoms with Crippen LogP contribution in [-0.2, 0) is 6.54 Å². The van der Waals surface area contributed by atoms with Crippen LogP contribution in [0.15, 0.2) is 66.7 Å². The van der Waals surface area contributed by atoms with Crippen LogP contribution in [0.2, 0.25) is 0 Å². The lowest BCUT2D eigenvalue weighted by Crippen LogP contribution is -2.45. The van der Waals surface area contributed by atoms with Gasteiger partial charge < -0.3 is 15.0 Å². The highest BCUT2D eigenvalue weighted by Gasteiger charge is 2.28. The highest BCUT2D eigenvalue weighted by atomic mass is 16.5. The number of hydrogen-bond acceptors (Lipinski definition) is 3. The third kappa shape index (κ3) is 3.96. The Balaban J connectivity index is 1.64. The molecule has 3 aromatic carbocycles. The van der Waals surface area contributed by atoms with E-state index >= 15 is 0 Å². The molecule has 3 aromatic rings. The van der Waals surface area contributed by atoms with Crippen LogP contribution in [0.25, 0.3) is 0 Å². The molecule has 0 fully saturated rings. The first-order chi connectivity index (χ1) is 14.6. The van der Waals surface area contributed by atoms with Gasteiger partial charge in [-0.3, -0.25) is 4.90 Å². The summed E-state index contributed by atoms with van der Waals surface area (Å²) in [4.78, 5) is 17.3. The summed E-state index contributed by atoms with van der Waals surface area (Å²) in [5.41, 5.74) is 6.12. The smallest absolute Gasteiger partial charge is 0.326 e. The number of urea groups is 1. The molecule has 5 heteroatoms. The minimum absolute atomic E-state index is 0.113. The van der Waals surface area contributed by atoms with Crippen LogP contribution in [-0.4, -0.2) is 26.2 Å². The first-order valence-electron chi connectivity index (χ1n) is 10.2. The Hall–Kier alpha value is -3.47. The van der Waals surface area contributed by atoms with Gasteiger partial charge in [-0.1, -0.05) is 48.5 Å². The summed E-state index contributed by atoms with van der Waals surface area (Å²) >= 11 is 0. The third-order valence-corrected chi connectivity index (χ3v) is 5.58. The van der Waals surface area contributed by atoms with Crippen molar-refractivity contribution in [1.82, 2.24) is 0 Å². The molecule has 0 atom stereocenters. The number of anilines is 3. The molecule has 4 rings (SSSR count). The highest BCUT2D eigenvalue weighted by Crippen LogP contribution is 2.37. The van der Waals surface area contributed by atoms with Crippen LogP contribution >= 0.6 is 0 Å². The van der Waals surface area contributed by atoms with Crippen molar-refractivity contribution in [3.63, 3.8) is 0 Å². The number of nitrogens with zero attached hydrogens (tertiary/aromatic N) is 2. The summed E-state index contributed by atoms with van der Waals surface area (Å²) < 4.78 is 5.46. The molecule has 0 radical (unpaired) electrons. The zero-order chi connectivity index (χ0) is 21.1. The van der Waals surface area contributed by atoms with Gasteiger partial charge in [-0.15, -0.1) is 0 Å². The molecule has 1 aliphatic heterocycles. The second-order valence-electron chi connectivity index (χ2n) is 7.61. The molecule has 0 unspecified atom stereocenters. The number of carbonyl (C=O) groups excluding carboxylic acids is 1. The Morgan fingerprint density at radius 3 is 2.37 bits per heavy atom. The maximum atomic E-state index is 13.2. The number of benzene rings is 3. The number of aryl methyl sites for hydroxylation is 2. The van der Waals surface area contributed by atoms with Crippen molar-refractivity contribution in [1.29, 1.82) is 0 Å². The topological polar surface area (TPSA) is 44.8 Å². The molecule has 0 saturated carbocycles. The van der Waals surface area contributed by atoms with E-state index in [1.54, 1.807) is 7.11 Å². The van der Waals surface area contributed by atoms with Gasteiger partial charge in [0.05, 0.1) is 18.5 Å². The van der Waals surface area contributed by atoms with Crippen molar-refractivity contribution >= 4 is 23.1 Å². The normalized spacial score (nSPS) is 13.0. The van der Waals surface area contributed by atoms with Gasteiger partial charge in [0.2, 0.25) is 0 Å². The monoisotopic (exact) mass is 401 g/mol. The van der Waals surface area contributed by atoms with E-state index in [-0.39, 0.29) is 6.03 Å². The number of ether oxygens (including phenoxy) is 1. The number of fused-ring (bicyclic) bond motifs is 1. The molecule has 0 saturated heterocycles. The Labute approximate surface area is 177 Å². The predicted molar refractivity (Wildman–Crippen MR) is 123 cm³/mol. The van der Waals surface area contributed by atoms with Gasteiger partial charge in [-0.05, 0) is 42.7 Å². The summed E-state index contributed by atoms with van der Waals surface area (Å²) in [6, 6.07) is 22.2. The minimum atomic E-state index is -0.113. The van der Waals surface area contributed by atoms with E-state index in [0.29, 0.717) is 6.54 Å². The van der Waals surface area contributed by atoms with E-state index in [1.807, 2.05) is 61.2 Å². The number of nitrogens with one attached hydrogen (secondary N) is 1. The largest absolute Gasteiger partial charge is 0.497 e. The molecule has 1 aliphatic rings. The van der Waals surface area contributed by atoms with Crippen molar-refractivity contribution < 1.29 is 9.53 Å². The number of methoxy groups -OCH3 is 1. The number of para-hydroxylation sites is 1. The lowest BCUT2D eigenvalue weighted by Gasteiger charge is -2.38. The fraction of sp³-hybridized carbons (Fsp3) is 0.240. The summed E-state index contributed by atoms with van der Waals surface area (Å²) in [5, 5.41) is 3.12. The zero-order valence-corrected chi connectivity index (χ0v) is 17.7. The fourth-order valence-electron chi connectivity index (χ4n) is 3.94. The third-order valence-electron chi connectivity index (χ3n) is 5.58. The summed E-state index contributed by atoms with van der Waals surface area (Å²) in [7, 11) is 1.66. The van der Waals surface area contributed by atoms with E-state index in [4.69, 9.17) is 4.74 Å². The van der Waals surface area contributed by atoms with Crippen molar-refractivity contribution in [3.8, 4) is 5.75 Å². The zero-order valence-electron chi connectivity index (χ0n) is 17.7. The SMILES string of the molecule is COc1ccc2c(c1)N(Cc1ccccc1)CCN2C(=O)Nc1c(C)cccc1C. The van der Waals surface area contributed by atoms with Gasteiger partial charge in [0.25, 0.3) is 0 Å². The van der Waals surface area contributed by atoms with Crippen molar-refractivity contribution in [3.05, 3.63) is 83.4 Å². The Morgan fingerprint density at radius 1 is 0.933 bits per heavy atom. The van der Waals surface area contributed by atoms with Crippen LogP contribution in [0.3, 0.4) is 0 Å². The summed E-state index contributed by atoms with van der Waals surface area (Å²) in [6.45, 7) is 6.17. The highest BCUT2D eigenvalue weighted by molar-refractivity contribution is 6.05. The van der Waals surface area contributed by atoms with E-state index in [1.165, 1.54) is 5.56 Å². The molecule has 0 aromatic heterocycles. The number of carbonyl (C=O) groups is 1. The van der Waals surface area contributed by atoms with Crippen molar-refractivity contribution in [2.75, 3.05) is 35.3 Å². The Kier molecular flexibility index (Phi) is 5.61. The van der Waals surface area contributed by atoms with Gasteiger partial charge in [0, 0.05) is 31.4 Å². The predicted octanol–water partition coefficient (Wildman–Crippen LogP) is 5.37. The van der Waals surface area contributed by atoms with Crippen molar-refractivity contribution in [2.24, 2.45) is 0 Å². The van der Waals surface area contributed by atoms with E-state index in [9.17, 15) is 4.79 Å². The number of rotatable bonds is 4. The second kappa shape index (κ2) is 8.49. The lowest BCUT2D eigenvalue weighted by molar-refractivity contribution is 0.256. The molecule has 30 heavy (non-hydrogen) atoms. The molecule has 0 bridgehead atoms. The van der Waals surface area contributed by atoms with Crippen LogP contribution in [0.4, 0.5) is 21.9 Å². The second-order valence-corrected chi connectivity index (χ2v) is 7.61. The van der Waals surface area contributed by atoms with Crippen LogP contribution in [0.5, 0.6) is 5.75 Å². The minimum Gasteiger partial charge on any atom is -0.497 e. The standard InChI is InChI=1S/C25H27N3O2/c1-18-8-7-9-19(2)24(18)26-25(29)28-15-14-27(17-20-10-5-4-6-11-20)23-16-21(30-3)12-13-22(23)28/h4-13,16H,14-15,17H2,1-3H3,(H,26,29). The lowest BCUT2D eigenvalue weighted by atomic mass is 10.1. The maximum absolute atomic E-state index is 13.2. The number of hydrogen-bond donors (Lipinski definition) is 1. The van der Waals surface area contributed by atoms with Crippen LogP contribution in [0, 0.1) is 13.8 Å². The first kappa shape index (κ1) is 19.8. The molecule has 0 spiro atoms. The molecular formula is C25H27N3O2. The fourth-order valence-corrected chi connectivity index (χ4v) is 3.94. The average molecular weight is 402 g/mol. The van der Waals surface area contributed by atoms with Gasteiger partial charge in [0.1, 0.15) is 5.75 Å². The van der Waals surface area contributed by atoms with Gasteiger partial charge in [-0.2, -0.15) is 0 Å². The van der Waals surface area contributed by atoms with E-state index < -0.39 is 0 Å². The average Bonchev–Trinajstić information content (AvgIpc) is 2.77. The van der Waals surface area contributed by atoms with Gasteiger partial charge in [0.15, 0.2) is 0 Å². The summed E-state index contributed by atoms with van der Waals surface area (Å²) in [5.74, 6) is 0.781. The molecular weight excluding hydrogens is 374 g/mol. The summed E-state index contributed by atoms with van der Waals surface area (Å²) in [6.07, 6.45) is 0. The molecule has 5 nitrogen and oxygen atoms in total. The van der Waals surface area contributed by atoms with Crippen LogP contribution < -0.4 is 19.9 Å².